The molecular weight excluding hydrogens is 188 g/mol. The number of nitrogens with zero attached hydrogens (tertiary/aromatic N) is 1. The van der Waals surface area contributed by atoms with E-state index in [-0.39, 0.29) is 6.10 Å². The molecule has 1 aliphatic carbocycles. The standard InChI is InChI=1S/C12H24N2O/c1-10(15)8-14-6-2-3-11(9-14)7-13-12-4-5-12/h10-13,15H,2-9H2,1H3. The van der Waals surface area contributed by atoms with Crippen molar-refractivity contribution in [1.29, 1.82) is 0 Å². The molecule has 3 heteroatoms. The van der Waals surface area contributed by atoms with Gasteiger partial charge in [0.05, 0.1) is 6.10 Å². The second-order valence-corrected chi connectivity index (χ2v) is 5.30. The van der Waals surface area contributed by atoms with Crippen molar-refractivity contribution in [3.05, 3.63) is 0 Å². The average Bonchev–Trinajstić information content (AvgIpc) is 2.97. The van der Waals surface area contributed by atoms with Gasteiger partial charge in [-0.2, -0.15) is 0 Å². The predicted molar refractivity (Wildman–Crippen MR) is 61.9 cm³/mol. The number of rotatable bonds is 5. The summed E-state index contributed by atoms with van der Waals surface area (Å²) in [7, 11) is 0. The number of likely N-dealkylation sites (tertiary alicyclic amines) is 1. The molecule has 2 fully saturated rings. The molecule has 88 valence electrons. The second kappa shape index (κ2) is 5.28. The van der Waals surface area contributed by atoms with Crippen LogP contribution in [0.1, 0.15) is 32.6 Å². The second-order valence-electron chi connectivity index (χ2n) is 5.30. The molecule has 0 bridgehead atoms. The minimum absolute atomic E-state index is 0.180. The van der Waals surface area contributed by atoms with Crippen molar-refractivity contribution in [2.24, 2.45) is 5.92 Å². The van der Waals surface area contributed by atoms with E-state index >= 15 is 0 Å². The molecule has 2 unspecified atom stereocenters. The van der Waals surface area contributed by atoms with E-state index in [9.17, 15) is 5.11 Å². The Balaban J connectivity index is 1.66. The molecule has 1 aliphatic heterocycles. The van der Waals surface area contributed by atoms with Gasteiger partial charge in [0.2, 0.25) is 0 Å². The predicted octanol–water partition coefficient (Wildman–Crippen LogP) is 0.831. The van der Waals surface area contributed by atoms with Gasteiger partial charge in [-0.05, 0) is 51.6 Å². The van der Waals surface area contributed by atoms with Gasteiger partial charge >= 0.3 is 0 Å². The highest BCUT2D eigenvalue weighted by molar-refractivity contribution is 4.83. The number of aliphatic hydroxyl groups is 1. The summed E-state index contributed by atoms with van der Waals surface area (Å²) in [6.45, 7) is 6.25. The zero-order valence-corrected chi connectivity index (χ0v) is 9.78. The molecule has 2 rings (SSSR count). The summed E-state index contributed by atoms with van der Waals surface area (Å²) in [5.41, 5.74) is 0. The summed E-state index contributed by atoms with van der Waals surface area (Å²) in [5, 5.41) is 13.0. The first-order chi connectivity index (χ1) is 7.24. The van der Waals surface area contributed by atoms with Crippen LogP contribution < -0.4 is 5.32 Å². The number of hydrogen-bond donors (Lipinski definition) is 2. The summed E-state index contributed by atoms with van der Waals surface area (Å²) in [5.74, 6) is 0.804. The smallest absolute Gasteiger partial charge is 0.0639 e. The normalized spacial score (nSPS) is 30.4. The fraction of sp³-hybridized carbons (Fsp3) is 1.00. The van der Waals surface area contributed by atoms with Gasteiger partial charge in [-0.1, -0.05) is 0 Å². The maximum Gasteiger partial charge on any atom is 0.0639 e. The fourth-order valence-electron chi connectivity index (χ4n) is 2.48. The molecule has 0 aromatic rings. The summed E-state index contributed by atoms with van der Waals surface area (Å²) >= 11 is 0. The topological polar surface area (TPSA) is 35.5 Å². The summed E-state index contributed by atoms with van der Waals surface area (Å²) in [6.07, 6.45) is 5.23. The van der Waals surface area contributed by atoms with E-state index in [0.717, 1.165) is 18.5 Å². The van der Waals surface area contributed by atoms with Crippen LogP contribution >= 0.6 is 0 Å². The Kier molecular flexibility index (Phi) is 4.00. The van der Waals surface area contributed by atoms with E-state index in [2.05, 4.69) is 10.2 Å². The Bertz CT molecular complexity index is 192. The highest BCUT2D eigenvalue weighted by atomic mass is 16.3. The third-order valence-corrected chi connectivity index (χ3v) is 3.40. The van der Waals surface area contributed by atoms with Crippen molar-refractivity contribution >= 4 is 0 Å². The van der Waals surface area contributed by atoms with E-state index in [0.29, 0.717) is 0 Å². The highest BCUT2D eigenvalue weighted by Gasteiger charge is 2.24. The molecule has 0 aromatic heterocycles. The van der Waals surface area contributed by atoms with Gasteiger partial charge in [0.15, 0.2) is 0 Å². The number of nitrogens with one attached hydrogen (secondary N) is 1. The van der Waals surface area contributed by atoms with Crippen LogP contribution in [0.4, 0.5) is 0 Å². The van der Waals surface area contributed by atoms with Gasteiger partial charge in [-0.3, -0.25) is 0 Å². The summed E-state index contributed by atoms with van der Waals surface area (Å²) in [6, 6.07) is 0.831. The van der Waals surface area contributed by atoms with E-state index in [1.807, 2.05) is 6.92 Å². The van der Waals surface area contributed by atoms with Crippen molar-refractivity contribution in [3.63, 3.8) is 0 Å². The first-order valence-electron chi connectivity index (χ1n) is 6.38. The van der Waals surface area contributed by atoms with Crippen molar-refractivity contribution in [1.82, 2.24) is 10.2 Å². The Labute approximate surface area is 92.8 Å². The van der Waals surface area contributed by atoms with E-state index in [4.69, 9.17) is 0 Å². The Morgan fingerprint density at radius 1 is 1.40 bits per heavy atom. The van der Waals surface area contributed by atoms with Crippen LogP contribution in [0.3, 0.4) is 0 Å². The van der Waals surface area contributed by atoms with Crippen molar-refractivity contribution in [3.8, 4) is 0 Å². The van der Waals surface area contributed by atoms with Crippen LogP contribution in [-0.2, 0) is 0 Å². The van der Waals surface area contributed by atoms with Crippen molar-refractivity contribution in [2.45, 2.75) is 44.8 Å². The largest absolute Gasteiger partial charge is 0.392 e. The third kappa shape index (κ3) is 4.09. The lowest BCUT2D eigenvalue weighted by Crippen LogP contribution is -2.42. The zero-order chi connectivity index (χ0) is 10.7. The van der Waals surface area contributed by atoms with Gasteiger partial charge in [0, 0.05) is 19.1 Å². The number of hydrogen-bond acceptors (Lipinski definition) is 3. The molecular formula is C12H24N2O. The van der Waals surface area contributed by atoms with Gasteiger partial charge in [-0.15, -0.1) is 0 Å². The molecule has 3 nitrogen and oxygen atoms in total. The number of piperidine rings is 1. The maximum atomic E-state index is 9.36. The van der Waals surface area contributed by atoms with Crippen LogP contribution in [0.25, 0.3) is 0 Å². The van der Waals surface area contributed by atoms with E-state index in [1.54, 1.807) is 0 Å². The third-order valence-electron chi connectivity index (χ3n) is 3.40. The minimum atomic E-state index is -0.180. The molecule has 0 amide bonds. The highest BCUT2D eigenvalue weighted by Crippen LogP contribution is 2.21. The average molecular weight is 212 g/mol. The number of β-amino-alcohol motifs (C(OH)–C–C–N with tert-alkyl or cyclic N) is 1. The van der Waals surface area contributed by atoms with E-state index < -0.39 is 0 Å². The molecule has 2 atom stereocenters. The van der Waals surface area contributed by atoms with Crippen LogP contribution in [0.2, 0.25) is 0 Å². The lowest BCUT2D eigenvalue weighted by molar-refractivity contribution is 0.0944. The molecule has 15 heavy (non-hydrogen) atoms. The molecule has 1 saturated heterocycles. The van der Waals surface area contributed by atoms with Gasteiger partial charge in [0.25, 0.3) is 0 Å². The quantitative estimate of drug-likeness (QED) is 0.708. The first kappa shape index (κ1) is 11.4. The monoisotopic (exact) mass is 212 g/mol. The van der Waals surface area contributed by atoms with Crippen LogP contribution in [-0.4, -0.2) is 48.3 Å². The molecule has 2 aliphatic rings. The lowest BCUT2D eigenvalue weighted by Gasteiger charge is -2.33. The van der Waals surface area contributed by atoms with E-state index in [1.165, 1.54) is 45.3 Å². The molecule has 0 radical (unpaired) electrons. The molecule has 1 heterocycles. The van der Waals surface area contributed by atoms with Crippen LogP contribution in [0.15, 0.2) is 0 Å². The molecule has 1 saturated carbocycles. The number of aliphatic hydroxyl groups excluding tert-OH is 1. The maximum absolute atomic E-state index is 9.36. The Hall–Kier alpha value is -0.120. The first-order valence-corrected chi connectivity index (χ1v) is 6.38. The van der Waals surface area contributed by atoms with Gasteiger partial charge < -0.3 is 15.3 Å². The fourth-order valence-corrected chi connectivity index (χ4v) is 2.48. The van der Waals surface area contributed by atoms with Gasteiger partial charge in [-0.25, -0.2) is 0 Å². The van der Waals surface area contributed by atoms with Crippen molar-refractivity contribution < 1.29 is 5.11 Å². The Morgan fingerprint density at radius 3 is 2.87 bits per heavy atom. The SMILES string of the molecule is CC(O)CN1CCCC(CNC2CC2)C1. The molecule has 0 spiro atoms. The molecule has 2 N–H and O–H groups in total. The van der Waals surface area contributed by atoms with Crippen LogP contribution in [0, 0.1) is 5.92 Å². The van der Waals surface area contributed by atoms with Crippen LogP contribution in [0.5, 0.6) is 0 Å². The zero-order valence-electron chi connectivity index (χ0n) is 9.78. The summed E-state index contributed by atoms with van der Waals surface area (Å²) in [4.78, 5) is 2.41. The lowest BCUT2D eigenvalue weighted by atomic mass is 9.98. The Morgan fingerprint density at radius 2 is 2.20 bits per heavy atom. The summed E-state index contributed by atoms with van der Waals surface area (Å²) < 4.78 is 0. The van der Waals surface area contributed by atoms with Gasteiger partial charge in [0.1, 0.15) is 0 Å². The minimum Gasteiger partial charge on any atom is -0.392 e. The van der Waals surface area contributed by atoms with Crippen molar-refractivity contribution in [2.75, 3.05) is 26.2 Å². The molecule has 0 aromatic carbocycles.